The monoisotopic (exact) mass is 348 g/mol. The van der Waals surface area contributed by atoms with E-state index in [1.165, 1.54) is 4.90 Å². The number of nitrogens with zero attached hydrogens (tertiary/aromatic N) is 2. The van der Waals surface area contributed by atoms with Gasteiger partial charge in [-0.15, -0.1) is 0 Å². The third-order valence-corrected chi connectivity index (χ3v) is 3.49. The van der Waals surface area contributed by atoms with E-state index >= 15 is 0 Å². The van der Waals surface area contributed by atoms with Crippen LogP contribution in [0.5, 0.6) is 0 Å². The average Bonchev–Trinajstić information content (AvgIpc) is 2.83. The van der Waals surface area contributed by atoms with Crippen LogP contribution in [0.15, 0.2) is 6.07 Å². The van der Waals surface area contributed by atoms with E-state index in [1.54, 1.807) is 20.8 Å². The summed E-state index contributed by atoms with van der Waals surface area (Å²) < 4.78 is 50.3. The second-order valence-corrected chi connectivity index (χ2v) is 6.43. The number of aromatic nitrogens is 1. The first kappa shape index (κ1) is 18.2. The van der Waals surface area contributed by atoms with Crippen molar-refractivity contribution in [2.75, 3.05) is 13.7 Å². The Morgan fingerprint density at radius 1 is 1.17 bits per heavy atom. The Kier molecular flexibility index (Phi) is 4.56. The van der Waals surface area contributed by atoms with E-state index in [0.717, 1.165) is 17.7 Å². The summed E-state index contributed by atoms with van der Waals surface area (Å²) in [5, 5.41) is 0. The fourth-order valence-electron chi connectivity index (χ4n) is 2.50. The lowest BCUT2D eigenvalue weighted by atomic mass is 10.2. The normalized spacial score (nSPS) is 15.0. The highest BCUT2D eigenvalue weighted by Gasteiger charge is 2.40. The van der Waals surface area contributed by atoms with Gasteiger partial charge in [-0.3, -0.25) is 0 Å². The van der Waals surface area contributed by atoms with Crippen LogP contribution >= 0.6 is 0 Å². The van der Waals surface area contributed by atoms with Crippen molar-refractivity contribution in [1.82, 2.24) is 9.47 Å². The molecule has 0 aliphatic carbocycles. The molecule has 134 valence electrons. The number of esters is 1. The van der Waals surface area contributed by atoms with Crippen LogP contribution < -0.4 is 0 Å². The van der Waals surface area contributed by atoms with Crippen molar-refractivity contribution in [3.63, 3.8) is 0 Å². The van der Waals surface area contributed by atoms with E-state index in [-0.39, 0.29) is 30.9 Å². The Labute approximate surface area is 137 Å². The van der Waals surface area contributed by atoms with E-state index in [9.17, 15) is 22.8 Å². The zero-order chi connectivity index (χ0) is 18.3. The molecule has 0 saturated carbocycles. The summed E-state index contributed by atoms with van der Waals surface area (Å²) >= 11 is 0. The van der Waals surface area contributed by atoms with Crippen molar-refractivity contribution < 1.29 is 32.2 Å². The lowest BCUT2D eigenvalue weighted by Gasteiger charge is -2.32. The van der Waals surface area contributed by atoms with Crippen LogP contribution in [0.4, 0.5) is 18.0 Å². The molecule has 9 heteroatoms. The molecule has 0 aromatic carbocycles. The van der Waals surface area contributed by atoms with E-state index in [1.807, 2.05) is 0 Å². The Hall–Kier alpha value is -2.19. The van der Waals surface area contributed by atoms with Gasteiger partial charge >= 0.3 is 18.2 Å². The molecule has 2 rings (SSSR count). The number of methoxy groups -OCH3 is 1. The van der Waals surface area contributed by atoms with Gasteiger partial charge in [0.2, 0.25) is 0 Å². The number of fused-ring (bicyclic) bond motifs is 1. The predicted octanol–water partition coefficient (Wildman–Crippen LogP) is 3.04. The molecule has 1 aromatic rings. The minimum absolute atomic E-state index is 0.0558. The van der Waals surface area contributed by atoms with E-state index < -0.39 is 29.5 Å². The molecule has 0 fully saturated rings. The molecule has 0 atom stereocenters. The highest BCUT2D eigenvalue weighted by molar-refractivity contribution is 5.91. The minimum atomic E-state index is -4.60. The zero-order valence-electron chi connectivity index (χ0n) is 13.9. The van der Waals surface area contributed by atoms with Crippen LogP contribution in [0.2, 0.25) is 0 Å². The third kappa shape index (κ3) is 3.65. The van der Waals surface area contributed by atoms with Crippen molar-refractivity contribution in [1.29, 1.82) is 0 Å². The minimum Gasteiger partial charge on any atom is -0.465 e. The number of hydrogen-bond donors (Lipinski definition) is 0. The van der Waals surface area contributed by atoms with Crippen LogP contribution in [0.3, 0.4) is 0 Å². The zero-order valence-corrected chi connectivity index (χ0v) is 13.9. The SMILES string of the molecule is COC(=O)c1cc(C(F)(F)F)n2c1CN(C(=O)OC(C)(C)C)CC2. The number of alkyl halides is 3. The maximum Gasteiger partial charge on any atom is 0.431 e. The fourth-order valence-corrected chi connectivity index (χ4v) is 2.50. The Balaban J connectivity index is 2.37. The molecule has 24 heavy (non-hydrogen) atoms. The molecule has 0 N–H and O–H groups in total. The molecule has 0 spiro atoms. The van der Waals surface area contributed by atoms with Crippen LogP contribution in [0.25, 0.3) is 0 Å². The number of amides is 1. The maximum absolute atomic E-state index is 13.2. The number of hydrogen-bond acceptors (Lipinski definition) is 4. The van der Waals surface area contributed by atoms with E-state index in [0.29, 0.717) is 0 Å². The molecule has 6 nitrogen and oxygen atoms in total. The van der Waals surface area contributed by atoms with E-state index in [2.05, 4.69) is 4.74 Å². The van der Waals surface area contributed by atoms with Crippen molar-refractivity contribution in [3.05, 3.63) is 23.0 Å². The molecule has 1 aliphatic heterocycles. The Bertz CT molecular complexity index is 659. The third-order valence-electron chi connectivity index (χ3n) is 3.49. The van der Waals surface area contributed by atoms with Gasteiger partial charge in [0, 0.05) is 13.1 Å². The predicted molar refractivity (Wildman–Crippen MR) is 77.4 cm³/mol. The lowest BCUT2D eigenvalue weighted by molar-refractivity contribution is -0.144. The summed E-state index contributed by atoms with van der Waals surface area (Å²) in [6.07, 6.45) is -5.24. The van der Waals surface area contributed by atoms with E-state index in [4.69, 9.17) is 4.74 Å². The molecular formula is C15H19F3N2O4. The van der Waals surface area contributed by atoms with Crippen molar-refractivity contribution >= 4 is 12.1 Å². The molecule has 0 saturated heterocycles. The fraction of sp³-hybridized carbons (Fsp3) is 0.600. The first-order chi connectivity index (χ1) is 10.9. The molecular weight excluding hydrogens is 329 g/mol. The Morgan fingerprint density at radius 2 is 1.79 bits per heavy atom. The summed E-state index contributed by atoms with van der Waals surface area (Å²) in [5.41, 5.74) is -1.76. The number of halogens is 3. The van der Waals surface area contributed by atoms with Crippen molar-refractivity contribution in [2.45, 2.75) is 45.6 Å². The first-order valence-corrected chi connectivity index (χ1v) is 7.30. The number of carbonyl (C=O) groups excluding carboxylic acids is 2. The molecule has 1 amide bonds. The highest BCUT2D eigenvalue weighted by atomic mass is 19.4. The van der Waals surface area contributed by atoms with Gasteiger partial charge in [0.1, 0.15) is 11.3 Å². The first-order valence-electron chi connectivity index (χ1n) is 7.30. The summed E-state index contributed by atoms with van der Waals surface area (Å²) in [4.78, 5) is 25.2. The second-order valence-electron chi connectivity index (χ2n) is 6.43. The van der Waals surface area contributed by atoms with Gasteiger partial charge in [0.15, 0.2) is 0 Å². The quantitative estimate of drug-likeness (QED) is 0.732. The molecule has 0 unspecified atom stereocenters. The summed E-state index contributed by atoms with van der Waals surface area (Å²) in [7, 11) is 1.09. The topological polar surface area (TPSA) is 60.8 Å². The highest BCUT2D eigenvalue weighted by Crippen LogP contribution is 2.35. The van der Waals surface area contributed by atoms with Crippen LogP contribution in [0.1, 0.15) is 42.5 Å². The maximum atomic E-state index is 13.2. The van der Waals surface area contributed by atoms with Crippen molar-refractivity contribution in [3.8, 4) is 0 Å². The standard InChI is InChI=1S/C15H19F3N2O4/c1-14(2,3)24-13(22)19-5-6-20-10(8-19)9(12(21)23-4)7-11(20)15(16,17)18/h7H,5-6,8H2,1-4H3. The van der Waals surface area contributed by atoms with Crippen LogP contribution in [0, 0.1) is 0 Å². The summed E-state index contributed by atoms with van der Waals surface area (Å²) in [5.74, 6) is -0.875. The number of carbonyl (C=O) groups is 2. The summed E-state index contributed by atoms with van der Waals surface area (Å²) in [6, 6.07) is 0.764. The second kappa shape index (κ2) is 6.03. The molecule has 0 radical (unpaired) electrons. The number of ether oxygens (including phenoxy) is 2. The van der Waals surface area contributed by atoms with Crippen LogP contribution in [-0.2, 0) is 28.7 Å². The van der Waals surface area contributed by atoms with Gasteiger partial charge in [-0.25, -0.2) is 9.59 Å². The average molecular weight is 348 g/mol. The largest absolute Gasteiger partial charge is 0.465 e. The van der Waals surface area contributed by atoms with Crippen LogP contribution in [-0.4, -0.2) is 40.8 Å². The van der Waals surface area contributed by atoms with Gasteiger partial charge < -0.3 is 18.9 Å². The van der Waals surface area contributed by atoms with Gasteiger partial charge in [-0.2, -0.15) is 13.2 Å². The summed E-state index contributed by atoms with van der Waals surface area (Å²) in [6.45, 7) is 4.90. The van der Waals surface area contributed by atoms with Crippen molar-refractivity contribution in [2.24, 2.45) is 0 Å². The van der Waals surface area contributed by atoms with Gasteiger partial charge in [-0.05, 0) is 26.8 Å². The van der Waals surface area contributed by atoms with Gasteiger partial charge in [0.05, 0.1) is 24.9 Å². The lowest BCUT2D eigenvalue weighted by Crippen LogP contribution is -2.42. The molecule has 1 aromatic heterocycles. The van der Waals surface area contributed by atoms with Gasteiger partial charge in [-0.1, -0.05) is 0 Å². The molecule has 0 bridgehead atoms. The van der Waals surface area contributed by atoms with Gasteiger partial charge in [0.25, 0.3) is 0 Å². The molecule has 2 heterocycles. The smallest absolute Gasteiger partial charge is 0.431 e. The Morgan fingerprint density at radius 3 is 2.29 bits per heavy atom. The molecule has 1 aliphatic rings. The number of rotatable bonds is 1.